The second-order valence-electron chi connectivity index (χ2n) is 8.73. The molecule has 190 valence electrons. The van der Waals surface area contributed by atoms with Crippen LogP contribution >= 0.6 is 22.6 Å². The highest BCUT2D eigenvalue weighted by molar-refractivity contribution is 14.1. The lowest BCUT2D eigenvalue weighted by molar-refractivity contribution is -0.150. The number of halogens is 1. The van der Waals surface area contributed by atoms with Crippen molar-refractivity contribution in [3.63, 3.8) is 0 Å². The van der Waals surface area contributed by atoms with E-state index in [1.165, 1.54) is 18.2 Å². The molecule has 0 unspecified atom stereocenters. The molecule has 1 saturated carbocycles. The summed E-state index contributed by atoms with van der Waals surface area (Å²) in [4.78, 5) is 30.3. The van der Waals surface area contributed by atoms with E-state index in [0.29, 0.717) is 28.2 Å². The number of para-hydroxylation sites is 1. The molecule has 0 amide bonds. The Morgan fingerprint density at radius 2 is 2.00 bits per heavy atom. The topological polar surface area (TPSA) is 92.0 Å². The minimum atomic E-state index is -0.785. The monoisotopic (exact) mass is 603 g/mol. The number of ether oxygens (including phenoxy) is 3. The SMILES string of the molecule is CCOC(=O)[C@@H](C)Oc1c(I)cc(C=Nn2c(C3CCCCC3)nc3ccccc3c2=O)cc1OC. The summed E-state index contributed by atoms with van der Waals surface area (Å²) in [5.74, 6) is 1.36. The molecule has 1 aromatic heterocycles. The number of hydrogen-bond donors (Lipinski definition) is 0. The van der Waals surface area contributed by atoms with Gasteiger partial charge in [-0.15, -0.1) is 0 Å². The summed E-state index contributed by atoms with van der Waals surface area (Å²) in [6.07, 6.45) is 6.29. The fourth-order valence-electron chi connectivity index (χ4n) is 4.42. The summed E-state index contributed by atoms with van der Waals surface area (Å²) in [7, 11) is 1.53. The van der Waals surface area contributed by atoms with E-state index in [9.17, 15) is 9.59 Å². The number of esters is 1. The molecule has 8 nitrogen and oxygen atoms in total. The van der Waals surface area contributed by atoms with Crippen LogP contribution in [-0.4, -0.2) is 41.7 Å². The van der Waals surface area contributed by atoms with Gasteiger partial charge in [-0.1, -0.05) is 31.4 Å². The average Bonchev–Trinajstić information content (AvgIpc) is 2.89. The second-order valence-corrected chi connectivity index (χ2v) is 9.89. The summed E-state index contributed by atoms with van der Waals surface area (Å²) in [6, 6.07) is 11.0. The number of carbonyl (C=O) groups is 1. The first kappa shape index (κ1) is 26.1. The van der Waals surface area contributed by atoms with Gasteiger partial charge in [-0.2, -0.15) is 9.78 Å². The third kappa shape index (κ3) is 5.71. The second kappa shape index (κ2) is 11.9. The molecule has 1 heterocycles. The zero-order valence-electron chi connectivity index (χ0n) is 20.7. The van der Waals surface area contributed by atoms with Crippen molar-refractivity contribution in [1.29, 1.82) is 0 Å². The van der Waals surface area contributed by atoms with Gasteiger partial charge in [-0.05, 0) is 79.1 Å². The smallest absolute Gasteiger partial charge is 0.347 e. The number of fused-ring (bicyclic) bond motifs is 1. The zero-order valence-corrected chi connectivity index (χ0v) is 22.9. The van der Waals surface area contributed by atoms with Crippen LogP contribution in [0.15, 0.2) is 46.3 Å². The van der Waals surface area contributed by atoms with Crippen molar-refractivity contribution >= 4 is 45.7 Å². The summed E-state index contributed by atoms with van der Waals surface area (Å²) < 4.78 is 18.6. The van der Waals surface area contributed by atoms with Crippen LogP contribution in [0.1, 0.15) is 63.3 Å². The maximum Gasteiger partial charge on any atom is 0.347 e. The highest BCUT2D eigenvalue weighted by Gasteiger charge is 2.23. The molecular weight excluding hydrogens is 573 g/mol. The van der Waals surface area contributed by atoms with E-state index in [1.54, 1.807) is 32.2 Å². The predicted octanol–water partition coefficient (Wildman–Crippen LogP) is 5.27. The molecule has 0 aliphatic heterocycles. The molecule has 3 aromatic rings. The number of nitrogens with zero attached hydrogens (tertiary/aromatic N) is 3. The lowest BCUT2D eigenvalue weighted by Gasteiger charge is -2.22. The quantitative estimate of drug-likeness (QED) is 0.198. The molecule has 4 rings (SSSR count). The lowest BCUT2D eigenvalue weighted by atomic mass is 9.88. The summed E-state index contributed by atoms with van der Waals surface area (Å²) in [5, 5.41) is 5.14. The molecule has 0 radical (unpaired) electrons. The van der Waals surface area contributed by atoms with Crippen LogP contribution in [-0.2, 0) is 9.53 Å². The number of methoxy groups -OCH3 is 1. The Kier molecular flexibility index (Phi) is 8.60. The van der Waals surface area contributed by atoms with Crippen molar-refractivity contribution in [2.24, 2.45) is 5.10 Å². The van der Waals surface area contributed by atoms with Crippen LogP contribution in [0.3, 0.4) is 0 Å². The largest absolute Gasteiger partial charge is 0.493 e. The first-order valence-electron chi connectivity index (χ1n) is 12.2. The molecule has 2 aromatic carbocycles. The molecule has 1 fully saturated rings. The van der Waals surface area contributed by atoms with Crippen molar-refractivity contribution in [2.75, 3.05) is 13.7 Å². The van der Waals surface area contributed by atoms with E-state index in [4.69, 9.17) is 19.2 Å². The molecule has 1 aliphatic carbocycles. The summed E-state index contributed by atoms with van der Waals surface area (Å²) in [6.45, 7) is 3.66. The van der Waals surface area contributed by atoms with Crippen LogP contribution in [0, 0.1) is 3.57 Å². The Bertz CT molecular complexity index is 1330. The van der Waals surface area contributed by atoms with Gasteiger partial charge in [0.05, 0.1) is 34.4 Å². The number of benzene rings is 2. The van der Waals surface area contributed by atoms with Crippen molar-refractivity contribution in [3.8, 4) is 11.5 Å². The maximum atomic E-state index is 13.4. The first-order chi connectivity index (χ1) is 17.4. The highest BCUT2D eigenvalue weighted by Crippen LogP contribution is 2.35. The molecule has 0 bridgehead atoms. The fraction of sp³-hybridized carbons (Fsp3) is 0.407. The lowest BCUT2D eigenvalue weighted by Crippen LogP contribution is -2.26. The molecule has 0 spiro atoms. The third-order valence-corrected chi connectivity index (χ3v) is 7.04. The molecule has 0 N–H and O–H groups in total. The van der Waals surface area contributed by atoms with Gasteiger partial charge in [-0.25, -0.2) is 9.78 Å². The Balaban J connectivity index is 1.71. The van der Waals surface area contributed by atoms with Crippen molar-refractivity contribution < 1.29 is 19.0 Å². The number of rotatable bonds is 8. The molecule has 9 heteroatoms. The van der Waals surface area contributed by atoms with Gasteiger partial charge in [0.25, 0.3) is 5.56 Å². The van der Waals surface area contributed by atoms with Crippen LogP contribution in [0.5, 0.6) is 11.5 Å². The van der Waals surface area contributed by atoms with E-state index >= 15 is 0 Å². The van der Waals surface area contributed by atoms with Crippen LogP contribution in [0.4, 0.5) is 0 Å². The number of aromatic nitrogens is 2. The van der Waals surface area contributed by atoms with Crippen molar-refractivity contribution in [1.82, 2.24) is 9.66 Å². The maximum absolute atomic E-state index is 13.4. The van der Waals surface area contributed by atoms with Gasteiger partial charge in [-0.3, -0.25) is 4.79 Å². The van der Waals surface area contributed by atoms with Gasteiger partial charge in [0.1, 0.15) is 5.82 Å². The van der Waals surface area contributed by atoms with E-state index in [2.05, 4.69) is 27.7 Å². The van der Waals surface area contributed by atoms with Gasteiger partial charge in [0.2, 0.25) is 0 Å². The number of carbonyl (C=O) groups excluding carboxylic acids is 1. The van der Waals surface area contributed by atoms with Crippen LogP contribution < -0.4 is 15.0 Å². The Hall–Kier alpha value is -2.95. The Morgan fingerprint density at radius 1 is 1.25 bits per heavy atom. The summed E-state index contributed by atoms with van der Waals surface area (Å²) >= 11 is 2.13. The standard InChI is InChI=1S/C27H30IN3O5/c1-4-35-27(33)17(2)36-24-21(28)14-18(15-23(24)34-3)16-29-31-25(19-10-6-5-7-11-19)30-22-13-9-8-12-20(22)26(31)32/h8-9,12-17,19H,4-7,10-11H2,1-3H3/t17-/m1/s1. The molecule has 1 aliphatic rings. The minimum Gasteiger partial charge on any atom is -0.493 e. The molecule has 1 atom stereocenters. The minimum absolute atomic E-state index is 0.178. The third-order valence-electron chi connectivity index (χ3n) is 6.24. The average molecular weight is 603 g/mol. The normalized spacial score (nSPS) is 15.2. The molecule has 36 heavy (non-hydrogen) atoms. The zero-order chi connectivity index (χ0) is 25.7. The van der Waals surface area contributed by atoms with Gasteiger partial charge >= 0.3 is 5.97 Å². The van der Waals surface area contributed by atoms with Crippen LogP contribution in [0.2, 0.25) is 0 Å². The predicted molar refractivity (Wildman–Crippen MR) is 147 cm³/mol. The van der Waals surface area contributed by atoms with E-state index in [-0.39, 0.29) is 18.1 Å². The van der Waals surface area contributed by atoms with Crippen LogP contribution in [0.25, 0.3) is 10.9 Å². The molecular formula is C27H30IN3O5. The fourth-order valence-corrected chi connectivity index (χ4v) is 5.17. The van der Waals surface area contributed by atoms with E-state index < -0.39 is 12.1 Å². The van der Waals surface area contributed by atoms with Gasteiger partial charge in [0.15, 0.2) is 17.6 Å². The first-order valence-corrected chi connectivity index (χ1v) is 13.3. The van der Waals surface area contributed by atoms with Gasteiger partial charge < -0.3 is 14.2 Å². The van der Waals surface area contributed by atoms with Gasteiger partial charge in [0, 0.05) is 5.92 Å². The highest BCUT2D eigenvalue weighted by atomic mass is 127. The molecule has 0 saturated heterocycles. The van der Waals surface area contributed by atoms with Crippen molar-refractivity contribution in [2.45, 2.75) is 58.0 Å². The Morgan fingerprint density at radius 3 is 2.72 bits per heavy atom. The Labute approximate surface area is 223 Å². The van der Waals surface area contributed by atoms with E-state index in [1.807, 2.05) is 24.3 Å². The van der Waals surface area contributed by atoms with Crippen molar-refractivity contribution in [3.05, 3.63) is 61.7 Å². The summed E-state index contributed by atoms with van der Waals surface area (Å²) in [5.41, 5.74) is 1.24. The van der Waals surface area contributed by atoms with E-state index in [0.717, 1.165) is 34.8 Å². The number of hydrogen-bond acceptors (Lipinski definition) is 7.